The molecule has 0 saturated heterocycles. The van der Waals surface area contributed by atoms with Crippen LogP contribution in [0.2, 0.25) is 0 Å². The molecule has 2 rings (SSSR count). The summed E-state index contributed by atoms with van der Waals surface area (Å²) in [6.45, 7) is 5.03. The Morgan fingerprint density at radius 2 is 1.07 bits per heavy atom. The molecule has 0 spiro atoms. The van der Waals surface area contributed by atoms with E-state index in [0.717, 1.165) is 23.7 Å². The third kappa shape index (κ3) is 2.98. The largest absolute Gasteiger partial charge is 0.0622 e. The molecule has 0 heterocycles. The summed E-state index contributed by atoms with van der Waals surface area (Å²) in [4.78, 5) is 0. The normalized spacial score (nSPS) is 28.4. The lowest BCUT2D eigenvalue weighted by Gasteiger charge is -2.26. The molecule has 2 saturated carbocycles. The van der Waals surface area contributed by atoms with E-state index < -0.39 is 0 Å². The van der Waals surface area contributed by atoms with Crippen LogP contribution in [0.3, 0.4) is 0 Å². The van der Waals surface area contributed by atoms with Crippen LogP contribution in [0.25, 0.3) is 0 Å². The molecular formula is C15H28. The molecule has 15 heavy (non-hydrogen) atoms. The minimum Gasteiger partial charge on any atom is -0.0622 e. The van der Waals surface area contributed by atoms with Gasteiger partial charge in [-0.15, -0.1) is 0 Å². The summed E-state index contributed by atoms with van der Waals surface area (Å²) in [6.07, 6.45) is 13.6. The number of rotatable bonds is 4. The highest BCUT2D eigenvalue weighted by atomic mass is 14.3. The van der Waals surface area contributed by atoms with Crippen molar-refractivity contribution in [3.63, 3.8) is 0 Å². The van der Waals surface area contributed by atoms with Gasteiger partial charge in [0.05, 0.1) is 0 Å². The smallest absolute Gasteiger partial charge is 0.0388 e. The van der Waals surface area contributed by atoms with Crippen LogP contribution in [-0.4, -0.2) is 0 Å². The predicted octanol–water partition coefficient (Wildman–Crippen LogP) is 5.03. The van der Waals surface area contributed by atoms with Crippen molar-refractivity contribution in [3.8, 4) is 0 Å². The summed E-state index contributed by atoms with van der Waals surface area (Å²) in [7, 11) is 0. The Labute approximate surface area is 95.8 Å². The topological polar surface area (TPSA) is 0 Å². The molecule has 0 bridgehead atoms. The second-order valence-corrected chi connectivity index (χ2v) is 6.28. The first-order chi connectivity index (χ1) is 7.27. The van der Waals surface area contributed by atoms with Gasteiger partial charge in [-0.2, -0.15) is 0 Å². The summed E-state index contributed by atoms with van der Waals surface area (Å²) >= 11 is 0. The van der Waals surface area contributed by atoms with E-state index in [1.54, 1.807) is 0 Å². The highest BCUT2D eigenvalue weighted by Crippen LogP contribution is 2.39. The maximum absolute atomic E-state index is 2.52. The van der Waals surface area contributed by atoms with Gasteiger partial charge in [0.15, 0.2) is 0 Å². The molecule has 2 fully saturated rings. The molecule has 0 nitrogen and oxygen atoms in total. The van der Waals surface area contributed by atoms with Crippen LogP contribution >= 0.6 is 0 Å². The fourth-order valence-corrected chi connectivity index (χ4v) is 4.02. The lowest BCUT2D eigenvalue weighted by molar-refractivity contribution is 0.246. The summed E-state index contributed by atoms with van der Waals surface area (Å²) in [6, 6.07) is 0. The zero-order valence-corrected chi connectivity index (χ0v) is 10.7. The molecule has 2 aliphatic rings. The van der Waals surface area contributed by atoms with Gasteiger partial charge < -0.3 is 0 Å². The van der Waals surface area contributed by atoms with Crippen molar-refractivity contribution < 1.29 is 0 Å². The maximum Gasteiger partial charge on any atom is -0.0388 e. The van der Waals surface area contributed by atoms with E-state index in [9.17, 15) is 0 Å². The number of hydrogen-bond acceptors (Lipinski definition) is 0. The van der Waals surface area contributed by atoms with Crippen molar-refractivity contribution in [2.75, 3.05) is 0 Å². The summed E-state index contributed by atoms with van der Waals surface area (Å²) < 4.78 is 0. The van der Waals surface area contributed by atoms with E-state index in [1.165, 1.54) is 57.8 Å². The molecule has 0 aromatic heterocycles. The minimum absolute atomic E-state index is 1.00. The highest BCUT2D eigenvalue weighted by molar-refractivity contribution is 4.78. The third-order valence-corrected chi connectivity index (χ3v) is 5.15. The van der Waals surface area contributed by atoms with Gasteiger partial charge in [-0.3, -0.25) is 0 Å². The summed E-state index contributed by atoms with van der Waals surface area (Å²) in [5.41, 5.74) is 0. The van der Waals surface area contributed by atoms with Crippen LogP contribution in [0.5, 0.6) is 0 Å². The van der Waals surface area contributed by atoms with Gasteiger partial charge in [0.2, 0.25) is 0 Å². The van der Waals surface area contributed by atoms with Crippen molar-refractivity contribution in [1.82, 2.24) is 0 Å². The Balaban J connectivity index is 1.74. The molecule has 0 aromatic rings. The second-order valence-electron chi connectivity index (χ2n) is 6.28. The van der Waals surface area contributed by atoms with Crippen LogP contribution in [0.1, 0.15) is 71.6 Å². The third-order valence-electron chi connectivity index (χ3n) is 5.15. The Hall–Kier alpha value is 0. The van der Waals surface area contributed by atoms with Gasteiger partial charge in [0.1, 0.15) is 0 Å². The van der Waals surface area contributed by atoms with E-state index in [-0.39, 0.29) is 0 Å². The molecule has 0 aliphatic heterocycles. The predicted molar refractivity (Wildman–Crippen MR) is 66.9 cm³/mol. The molecule has 2 atom stereocenters. The fourth-order valence-electron chi connectivity index (χ4n) is 4.02. The zero-order valence-electron chi connectivity index (χ0n) is 10.7. The standard InChI is InChI=1S/C15H28/c1-12(14-7-3-4-8-14)11-13(2)15-9-5-6-10-15/h12-15H,3-11H2,1-2H3. The molecule has 0 radical (unpaired) electrons. The molecular weight excluding hydrogens is 180 g/mol. The van der Waals surface area contributed by atoms with Crippen molar-refractivity contribution in [1.29, 1.82) is 0 Å². The van der Waals surface area contributed by atoms with Crippen LogP contribution in [0.15, 0.2) is 0 Å². The van der Waals surface area contributed by atoms with Crippen molar-refractivity contribution in [2.24, 2.45) is 23.7 Å². The quantitative estimate of drug-likeness (QED) is 0.608. The zero-order chi connectivity index (χ0) is 10.7. The van der Waals surface area contributed by atoms with Crippen LogP contribution < -0.4 is 0 Å². The molecule has 88 valence electrons. The van der Waals surface area contributed by atoms with Crippen molar-refractivity contribution in [2.45, 2.75) is 71.6 Å². The molecule has 0 N–H and O–H groups in total. The molecule has 0 amide bonds. The fraction of sp³-hybridized carbons (Fsp3) is 1.00. The Morgan fingerprint density at radius 3 is 1.40 bits per heavy atom. The monoisotopic (exact) mass is 208 g/mol. The first-order valence-corrected chi connectivity index (χ1v) is 7.27. The van der Waals surface area contributed by atoms with E-state index >= 15 is 0 Å². The van der Waals surface area contributed by atoms with Crippen LogP contribution in [0, 0.1) is 23.7 Å². The van der Waals surface area contributed by atoms with Gasteiger partial charge in [0.25, 0.3) is 0 Å². The van der Waals surface area contributed by atoms with E-state index in [4.69, 9.17) is 0 Å². The van der Waals surface area contributed by atoms with Gasteiger partial charge in [-0.25, -0.2) is 0 Å². The summed E-state index contributed by atoms with van der Waals surface area (Å²) in [5.74, 6) is 4.16. The lowest BCUT2D eigenvalue weighted by Crippen LogP contribution is -2.16. The molecule has 0 heteroatoms. The van der Waals surface area contributed by atoms with E-state index in [1.807, 2.05) is 0 Å². The first kappa shape index (κ1) is 11.5. The van der Waals surface area contributed by atoms with Crippen LogP contribution in [-0.2, 0) is 0 Å². The average Bonchev–Trinajstić information content (AvgIpc) is 2.91. The maximum atomic E-state index is 2.52. The van der Waals surface area contributed by atoms with Crippen molar-refractivity contribution >= 4 is 0 Å². The average molecular weight is 208 g/mol. The van der Waals surface area contributed by atoms with Gasteiger partial charge >= 0.3 is 0 Å². The first-order valence-electron chi connectivity index (χ1n) is 7.27. The van der Waals surface area contributed by atoms with Gasteiger partial charge in [-0.05, 0) is 30.1 Å². The Bertz CT molecular complexity index is 152. The van der Waals surface area contributed by atoms with E-state index in [2.05, 4.69) is 13.8 Å². The molecule has 2 unspecified atom stereocenters. The second kappa shape index (κ2) is 5.37. The molecule has 0 aromatic carbocycles. The minimum atomic E-state index is 1.00. The Kier molecular flexibility index (Phi) is 4.11. The highest BCUT2D eigenvalue weighted by Gasteiger charge is 2.27. The van der Waals surface area contributed by atoms with Crippen molar-refractivity contribution in [3.05, 3.63) is 0 Å². The van der Waals surface area contributed by atoms with Gasteiger partial charge in [0, 0.05) is 0 Å². The lowest BCUT2D eigenvalue weighted by atomic mass is 9.80. The molecule has 2 aliphatic carbocycles. The van der Waals surface area contributed by atoms with Gasteiger partial charge in [-0.1, -0.05) is 65.2 Å². The Morgan fingerprint density at radius 1 is 0.733 bits per heavy atom. The summed E-state index contributed by atoms with van der Waals surface area (Å²) in [5, 5.41) is 0. The number of hydrogen-bond donors (Lipinski definition) is 0. The van der Waals surface area contributed by atoms with Crippen LogP contribution in [0.4, 0.5) is 0 Å². The SMILES string of the molecule is CC(CC(C)C1CCCC1)C1CCCC1. The van der Waals surface area contributed by atoms with E-state index in [0.29, 0.717) is 0 Å².